The Morgan fingerprint density at radius 2 is 2.00 bits per heavy atom. The minimum atomic E-state index is -0.0663. The molecule has 32 heavy (non-hydrogen) atoms. The van der Waals surface area contributed by atoms with Crippen LogP contribution in [0.4, 0.5) is 5.82 Å². The van der Waals surface area contributed by atoms with Gasteiger partial charge >= 0.3 is 0 Å². The van der Waals surface area contributed by atoms with Crippen LogP contribution in [-0.2, 0) is 9.53 Å². The number of morpholine rings is 1. The Bertz CT molecular complexity index is 1130. The molecule has 1 amide bonds. The highest BCUT2D eigenvalue weighted by atomic mass is 16.5. The third-order valence-corrected chi connectivity index (χ3v) is 5.22. The molecule has 3 aromatic rings. The Morgan fingerprint density at radius 1 is 1.19 bits per heavy atom. The fourth-order valence-corrected chi connectivity index (χ4v) is 3.51. The molecule has 0 saturated carbocycles. The summed E-state index contributed by atoms with van der Waals surface area (Å²) in [5.74, 6) is 1.64. The van der Waals surface area contributed by atoms with E-state index in [1.165, 1.54) is 0 Å². The first-order valence-electron chi connectivity index (χ1n) is 10.5. The molecular formula is C24H26N4O4. The molecule has 8 heteroatoms. The number of benzene rings is 2. The number of rotatable bonds is 7. The van der Waals surface area contributed by atoms with E-state index in [0.717, 1.165) is 22.0 Å². The summed E-state index contributed by atoms with van der Waals surface area (Å²) in [4.78, 5) is 18.6. The third-order valence-electron chi connectivity index (χ3n) is 5.22. The predicted octanol–water partition coefficient (Wildman–Crippen LogP) is 3.24. The number of aryl methyl sites for hydroxylation is 1. The van der Waals surface area contributed by atoms with E-state index in [9.17, 15) is 4.79 Å². The van der Waals surface area contributed by atoms with Gasteiger partial charge in [0.2, 0.25) is 0 Å². The van der Waals surface area contributed by atoms with Crippen LogP contribution >= 0.6 is 0 Å². The van der Waals surface area contributed by atoms with Crippen LogP contribution in [0.3, 0.4) is 0 Å². The molecule has 0 bridgehead atoms. The number of hydrazone groups is 1. The summed E-state index contributed by atoms with van der Waals surface area (Å²) in [5.41, 5.74) is 5.84. The van der Waals surface area contributed by atoms with Crippen LogP contribution in [-0.4, -0.2) is 62.0 Å². The van der Waals surface area contributed by atoms with Crippen molar-refractivity contribution < 1.29 is 19.0 Å². The molecule has 2 aromatic carbocycles. The third kappa shape index (κ3) is 5.15. The Morgan fingerprint density at radius 3 is 2.81 bits per heavy atom. The minimum absolute atomic E-state index is 0.0433. The van der Waals surface area contributed by atoms with Crippen LogP contribution in [0.5, 0.6) is 11.5 Å². The van der Waals surface area contributed by atoms with Crippen molar-refractivity contribution in [2.75, 3.05) is 45.4 Å². The summed E-state index contributed by atoms with van der Waals surface area (Å²) >= 11 is 0. The van der Waals surface area contributed by atoms with Crippen LogP contribution in [0.2, 0.25) is 0 Å². The van der Waals surface area contributed by atoms with E-state index in [-0.39, 0.29) is 12.5 Å². The van der Waals surface area contributed by atoms with Gasteiger partial charge in [0, 0.05) is 18.5 Å². The molecule has 166 valence electrons. The lowest BCUT2D eigenvalue weighted by atomic mass is 10.1. The first-order valence-corrected chi connectivity index (χ1v) is 10.5. The Balaban J connectivity index is 1.39. The van der Waals surface area contributed by atoms with Crippen molar-refractivity contribution >= 4 is 28.8 Å². The Labute approximate surface area is 186 Å². The molecular weight excluding hydrogens is 408 g/mol. The molecule has 0 aliphatic carbocycles. The summed E-state index contributed by atoms with van der Waals surface area (Å²) in [6, 6.07) is 15.4. The van der Waals surface area contributed by atoms with E-state index in [1.807, 2.05) is 37.3 Å². The van der Waals surface area contributed by atoms with Crippen molar-refractivity contribution in [2.24, 2.45) is 5.10 Å². The zero-order valence-corrected chi connectivity index (χ0v) is 18.2. The van der Waals surface area contributed by atoms with Crippen molar-refractivity contribution in [1.82, 2.24) is 9.88 Å². The van der Waals surface area contributed by atoms with Crippen molar-refractivity contribution in [3.63, 3.8) is 0 Å². The second-order valence-electron chi connectivity index (χ2n) is 7.40. The van der Waals surface area contributed by atoms with Crippen molar-refractivity contribution in [2.45, 2.75) is 6.92 Å². The quantitative estimate of drug-likeness (QED) is 0.454. The van der Waals surface area contributed by atoms with Gasteiger partial charge in [0.15, 0.2) is 18.1 Å². The Hall–Kier alpha value is -3.65. The van der Waals surface area contributed by atoms with E-state index in [1.54, 1.807) is 30.4 Å². The predicted molar refractivity (Wildman–Crippen MR) is 124 cm³/mol. The van der Waals surface area contributed by atoms with Gasteiger partial charge in [-0.05, 0) is 48.4 Å². The number of ether oxygens (including phenoxy) is 3. The SMILES string of the molecule is COc1cc(/C=N/Nc2cc(C)c3ccccc3n2)ccc1OCC(=O)N1CCOCC1. The van der Waals surface area contributed by atoms with Crippen molar-refractivity contribution in [3.05, 3.63) is 59.7 Å². The number of amides is 1. The van der Waals surface area contributed by atoms with Crippen LogP contribution in [0.15, 0.2) is 53.6 Å². The lowest BCUT2D eigenvalue weighted by Crippen LogP contribution is -2.43. The molecule has 1 saturated heterocycles. The largest absolute Gasteiger partial charge is 0.493 e. The number of nitrogens with one attached hydrogen (secondary N) is 1. The fraction of sp³-hybridized carbons (Fsp3) is 0.292. The summed E-state index contributed by atoms with van der Waals surface area (Å²) < 4.78 is 16.4. The van der Waals surface area contributed by atoms with Crippen LogP contribution in [0.1, 0.15) is 11.1 Å². The van der Waals surface area contributed by atoms with Gasteiger partial charge in [0.1, 0.15) is 5.82 Å². The molecule has 1 aliphatic rings. The number of anilines is 1. The number of methoxy groups -OCH3 is 1. The summed E-state index contributed by atoms with van der Waals surface area (Å²) in [6.45, 7) is 4.31. The highest BCUT2D eigenvalue weighted by Gasteiger charge is 2.18. The smallest absolute Gasteiger partial charge is 0.260 e. The minimum Gasteiger partial charge on any atom is -0.493 e. The van der Waals surface area contributed by atoms with E-state index in [4.69, 9.17) is 14.2 Å². The van der Waals surface area contributed by atoms with Gasteiger partial charge in [-0.25, -0.2) is 4.98 Å². The summed E-state index contributed by atoms with van der Waals surface area (Å²) in [6.07, 6.45) is 1.68. The Kier molecular flexibility index (Phi) is 6.81. The van der Waals surface area contributed by atoms with Gasteiger partial charge in [0.25, 0.3) is 5.91 Å². The summed E-state index contributed by atoms with van der Waals surface area (Å²) in [5, 5.41) is 5.41. The zero-order chi connectivity index (χ0) is 22.3. The number of para-hydroxylation sites is 1. The van der Waals surface area contributed by atoms with Gasteiger partial charge in [0.05, 0.1) is 32.1 Å². The topological polar surface area (TPSA) is 85.3 Å². The molecule has 0 spiro atoms. The van der Waals surface area contributed by atoms with Gasteiger partial charge in [-0.3, -0.25) is 10.2 Å². The van der Waals surface area contributed by atoms with Gasteiger partial charge in [-0.2, -0.15) is 5.10 Å². The number of pyridine rings is 1. The number of hydrogen-bond donors (Lipinski definition) is 1. The van der Waals surface area contributed by atoms with Gasteiger partial charge < -0.3 is 19.1 Å². The van der Waals surface area contributed by atoms with E-state index < -0.39 is 0 Å². The number of nitrogens with zero attached hydrogens (tertiary/aromatic N) is 3. The zero-order valence-electron chi connectivity index (χ0n) is 18.2. The maximum Gasteiger partial charge on any atom is 0.260 e. The highest BCUT2D eigenvalue weighted by molar-refractivity contribution is 5.84. The normalized spacial score (nSPS) is 14.0. The lowest BCUT2D eigenvalue weighted by Gasteiger charge is -2.26. The van der Waals surface area contributed by atoms with Crippen LogP contribution in [0.25, 0.3) is 10.9 Å². The molecule has 1 aliphatic heterocycles. The molecule has 1 fully saturated rings. The average Bonchev–Trinajstić information content (AvgIpc) is 2.83. The molecule has 1 aromatic heterocycles. The maximum absolute atomic E-state index is 12.3. The maximum atomic E-state index is 12.3. The first-order chi connectivity index (χ1) is 15.6. The van der Waals surface area contributed by atoms with E-state index in [0.29, 0.717) is 43.6 Å². The highest BCUT2D eigenvalue weighted by Crippen LogP contribution is 2.27. The number of hydrogen-bond acceptors (Lipinski definition) is 7. The van der Waals surface area contributed by atoms with Gasteiger partial charge in [-0.15, -0.1) is 0 Å². The monoisotopic (exact) mass is 434 g/mol. The molecule has 4 rings (SSSR count). The first kappa shape index (κ1) is 21.6. The van der Waals surface area contributed by atoms with E-state index in [2.05, 4.69) is 21.6 Å². The summed E-state index contributed by atoms with van der Waals surface area (Å²) in [7, 11) is 1.56. The second kappa shape index (κ2) is 10.1. The standard InChI is InChI=1S/C24H26N4O4/c1-17-13-23(26-20-6-4-3-5-19(17)20)27-25-15-18-7-8-21(22(14-18)30-2)32-16-24(29)28-9-11-31-12-10-28/h3-8,13-15H,9-12,16H2,1-2H3,(H,26,27)/b25-15+. The molecule has 0 unspecified atom stereocenters. The molecule has 2 heterocycles. The van der Waals surface area contributed by atoms with Crippen molar-refractivity contribution in [3.8, 4) is 11.5 Å². The van der Waals surface area contributed by atoms with Crippen LogP contribution in [0, 0.1) is 6.92 Å². The number of fused-ring (bicyclic) bond motifs is 1. The fourth-order valence-electron chi connectivity index (χ4n) is 3.51. The molecule has 1 N–H and O–H groups in total. The molecule has 0 atom stereocenters. The van der Waals surface area contributed by atoms with E-state index >= 15 is 0 Å². The lowest BCUT2D eigenvalue weighted by molar-refractivity contribution is -0.137. The number of aromatic nitrogens is 1. The number of carbonyl (C=O) groups is 1. The molecule has 8 nitrogen and oxygen atoms in total. The van der Waals surface area contributed by atoms with Gasteiger partial charge in [-0.1, -0.05) is 18.2 Å². The number of carbonyl (C=O) groups excluding carboxylic acids is 1. The van der Waals surface area contributed by atoms with Crippen LogP contribution < -0.4 is 14.9 Å². The van der Waals surface area contributed by atoms with Crippen molar-refractivity contribution in [1.29, 1.82) is 0 Å². The molecule has 0 radical (unpaired) electrons. The average molecular weight is 434 g/mol. The second-order valence-corrected chi connectivity index (χ2v) is 7.40.